The Bertz CT molecular complexity index is 560. The van der Waals surface area contributed by atoms with Gasteiger partial charge in [0.2, 0.25) is 0 Å². The second kappa shape index (κ2) is 5.18. The lowest BCUT2D eigenvalue weighted by Gasteiger charge is -2.07. The fourth-order valence-electron chi connectivity index (χ4n) is 2.03. The average molecular weight is 248 g/mol. The quantitative estimate of drug-likeness (QED) is 0.847. The first kappa shape index (κ1) is 12.6. The number of carboxylic acids is 1. The van der Waals surface area contributed by atoms with E-state index < -0.39 is 5.97 Å². The van der Waals surface area contributed by atoms with E-state index in [0.29, 0.717) is 24.0 Å². The van der Waals surface area contributed by atoms with Crippen LogP contribution in [0.2, 0.25) is 0 Å². The van der Waals surface area contributed by atoms with Crippen LogP contribution in [-0.2, 0) is 6.54 Å². The first-order valence-corrected chi connectivity index (χ1v) is 5.95. The molecule has 2 rings (SSSR count). The van der Waals surface area contributed by atoms with Crippen LogP contribution in [0.5, 0.6) is 0 Å². The molecule has 0 fully saturated rings. The molecule has 0 aliphatic rings. The maximum absolute atomic E-state index is 11.2. The molecule has 0 amide bonds. The van der Waals surface area contributed by atoms with Crippen molar-refractivity contribution in [2.45, 2.75) is 32.4 Å². The molecule has 0 saturated carbocycles. The fraction of sp³-hybridized carbons (Fsp3) is 0.385. The maximum atomic E-state index is 11.2. The van der Waals surface area contributed by atoms with Gasteiger partial charge in [-0.2, -0.15) is 0 Å². The predicted molar refractivity (Wildman–Crippen MR) is 67.6 cm³/mol. The Labute approximate surface area is 105 Å². The Hall–Kier alpha value is -1.88. The van der Waals surface area contributed by atoms with Crippen LogP contribution in [0.4, 0.5) is 0 Å². The second-order valence-corrected chi connectivity index (χ2v) is 4.41. The summed E-state index contributed by atoms with van der Waals surface area (Å²) < 4.78 is 1.83. The van der Waals surface area contributed by atoms with Gasteiger partial charge in [-0.25, -0.2) is 9.78 Å². The summed E-state index contributed by atoms with van der Waals surface area (Å²) in [4.78, 5) is 15.4. The number of aromatic carboxylic acids is 1. The molecule has 0 saturated heterocycles. The van der Waals surface area contributed by atoms with E-state index in [4.69, 9.17) is 5.11 Å². The van der Waals surface area contributed by atoms with E-state index in [1.807, 2.05) is 4.57 Å². The lowest BCUT2D eigenvalue weighted by Crippen LogP contribution is -2.06. The SMILES string of the molecule is CC(O)CCCn1cnc2cccc(C(=O)O)c21. The minimum Gasteiger partial charge on any atom is -0.478 e. The van der Waals surface area contributed by atoms with Crippen LogP contribution in [0.1, 0.15) is 30.1 Å². The number of aryl methyl sites for hydroxylation is 1. The lowest BCUT2D eigenvalue weighted by atomic mass is 10.1. The summed E-state index contributed by atoms with van der Waals surface area (Å²) in [7, 11) is 0. The number of fused-ring (bicyclic) bond motifs is 1. The van der Waals surface area contributed by atoms with Crippen LogP contribution in [-0.4, -0.2) is 31.8 Å². The van der Waals surface area contributed by atoms with Gasteiger partial charge in [0.05, 0.1) is 29.0 Å². The molecule has 2 aromatic rings. The van der Waals surface area contributed by atoms with Crippen molar-refractivity contribution in [1.82, 2.24) is 9.55 Å². The molecule has 0 aliphatic heterocycles. The summed E-state index contributed by atoms with van der Waals surface area (Å²) in [5, 5.41) is 18.4. The van der Waals surface area contributed by atoms with Crippen molar-refractivity contribution in [2.24, 2.45) is 0 Å². The Balaban J connectivity index is 2.30. The van der Waals surface area contributed by atoms with Gasteiger partial charge in [-0.3, -0.25) is 0 Å². The topological polar surface area (TPSA) is 75.3 Å². The lowest BCUT2D eigenvalue weighted by molar-refractivity contribution is 0.0698. The number of carbonyl (C=O) groups is 1. The summed E-state index contributed by atoms with van der Waals surface area (Å²) in [6.45, 7) is 2.40. The van der Waals surface area contributed by atoms with E-state index in [1.54, 1.807) is 31.5 Å². The molecular weight excluding hydrogens is 232 g/mol. The summed E-state index contributed by atoms with van der Waals surface area (Å²) >= 11 is 0. The van der Waals surface area contributed by atoms with Crippen molar-refractivity contribution in [1.29, 1.82) is 0 Å². The number of hydrogen-bond acceptors (Lipinski definition) is 3. The monoisotopic (exact) mass is 248 g/mol. The van der Waals surface area contributed by atoms with Crippen molar-refractivity contribution in [3.63, 3.8) is 0 Å². The number of rotatable bonds is 5. The molecule has 0 spiro atoms. The Morgan fingerprint density at radius 1 is 1.50 bits per heavy atom. The predicted octanol–water partition coefficient (Wildman–Crippen LogP) is 1.90. The van der Waals surface area contributed by atoms with E-state index in [9.17, 15) is 9.90 Å². The fourth-order valence-corrected chi connectivity index (χ4v) is 2.03. The van der Waals surface area contributed by atoms with Gasteiger partial charge in [-0.1, -0.05) is 6.07 Å². The number of nitrogens with zero attached hydrogens (tertiary/aromatic N) is 2. The molecule has 0 aliphatic carbocycles. The Morgan fingerprint density at radius 2 is 2.28 bits per heavy atom. The van der Waals surface area contributed by atoms with E-state index in [2.05, 4.69) is 4.98 Å². The van der Waals surface area contributed by atoms with Gasteiger partial charge in [0.25, 0.3) is 0 Å². The van der Waals surface area contributed by atoms with Crippen LogP contribution in [0.15, 0.2) is 24.5 Å². The zero-order valence-corrected chi connectivity index (χ0v) is 10.2. The molecule has 1 atom stereocenters. The summed E-state index contributed by atoms with van der Waals surface area (Å²) in [6, 6.07) is 5.07. The Morgan fingerprint density at radius 3 is 2.94 bits per heavy atom. The first-order valence-electron chi connectivity index (χ1n) is 5.95. The van der Waals surface area contributed by atoms with Gasteiger partial charge in [0, 0.05) is 6.54 Å². The van der Waals surface area contributed by atoms with Crippen LogP contribution in [0.3, 0.4) is 0 Å². The molecule has 5 heteroatoms. The highest BCUT2D eigenvalue weighted by Gasteiger charge is 2.12. The molecule has 5 nitrogen and oxygen atoms in total. The molecule has 96 valence electrons. The highest BCUT2D eigenvalue weighted by atomic mass is 16.4. The summed E-state index contributed by atoms with van der Waals surface area (Å²) in [5.74, 6) is -0.946. The third-order valence-corrected chi connectivity index (χ3v) is 2.89. The van der Waals surface area contributed by atoms with Crippen LogP contribution in [0, 0.1) is 0 Å². The van der Waals surface area contributed by atoms with Crippen molar-refractivity contribution >= 4 is 17.0 Å². The average Bonchev–Trinajstić information content (AvgIpc) is 2.72. The number of benzene rings is 1. The van der Waals surface area contributed by atoms with Gasteiger partial charge in [-0.05, 0) is 31.9 Å². The van der Waals surface area contributed by atoms with Crippen LogP contribution in [0.25, 0.3) is 11.0 Å². The summed E-state index contributed by atoms with van der Waals surface area (Å²) in [6.07, 6.45) is 2.80. The van der Waals surface area contributed by atoms with Gasteiger partial charge in [0.1, 0.15) is 0 Å². The molecule has 1 heterocycles. The number of imidazole rings is 1. The van der Waals surface area contributed by atoms with Crippen molar-refractivity contribution in [3.8, 4) is 0 Å². The van der Waals surface area contributed by atoms with Gasteiger partial charge >= 0.3 is 5.97 Å². The van der Waals surface area contributed by atoms with E-state index >= 15 is 0 Å². The standard InChI is InChI=1S/C13H16N2O3/c1-9(16)4-3-7-15-8-14-11-6-2-5-10(12(11)15)13(17)18/h2,5-6,8-9,16H,3-4,7H2,1H3,(H,17,18). The molecule has 1 aromatic carbocycles. The highest BCUT2D eigenvalue weighted by Crippen LogP contribution is 2.18. The third-order valence-electron chi connectivity index (χ3n) is 2.89. The van der Waals surface area contributed by atoms with E-state index in [1.165, 1.54) is 0 Å². The van der Waals surface area contributed by atoms with Gasteiger partial charge < -0.3 is 14.8 Å². The van der Waals surface area contributed by atoms with Crippen molar-refractivity contribution in [3.05, 3.63) is 30.1 Å². The zero-order valence-electron chi connectivity index (χ0n) is 10.2. The minimum atomic E-state index is -0.946. The Kier molecular flexibility index (Phi) is 3.62. The number of aromatic nitrogens is 2. The molecular formula is C13H16N2O3. The number of hydrogen-bond donors (Lipinski definition) is 2. The molecule has 2 N–H and O–H groups in total. The van der Waals surface area contributed by atoms with Crippen LogP contribution < -0.4 is 0 Å². The number of aliphatic hydroxyl groups is 1. The first-order chi connectivity index (χ1) is 8.59. The van der Waals surface area contributed by atoms with Gasteiger partial charge in [0.15, 0.2) is 0 Å². The van der Waals surface area contributed by atoms with Gasteiger partial charge in [-0.15, -0.1) is 0 Å². The number of aliphatic hydroxyl groups excluding tert-OH is 1. The number of carboxylic acid groups (broad SMARTS) is 1. The zero-order chi connectivity index (χ0) is 13.1. The molecule has 0 bridgehead atoms. The normalized spacial score (nSPS) is 12.8. The third kappa shape index (κ3) is 2.51. The van der Waals surface area contributed by atoms with Crippen molar-refractivity contribution in [2.75, 3.05) is 0 Å². The molecule has 0 radical (unpaired) electrons. The highest BCUT2D eigenvalue weighted by molar-refractivity contribution is 6.01. The van der Waals surface area contributed by atoms with Crippen LogP contribution >= 0.6 is 0 Å². The van der Waals surface area contributed by atoms with E-state index in [-0.39, 0.29) is 11.7 Å². The second-order valence-electron chi connectivity index (χ2n) is 4.41. The molecule has 18 heavy (non-hydrogen) atoms. The molecule has 1 aromatic heterocycles. The maximum Gasteiger partial charge on any atom is 0.337 e. The smallest absolute Gasteiger partial charge is 0.337 e. The largest absolute Gasteiger partial charge is 0.478 e. The number of para-hydroxylation sites is 1. The molecule has 1 unspecified atom stereocenters. The van der Waals surface area contributed by atoms with E-state index in [0.717, 1.165) is 6.42 Å². The van der Waals surface area contributed by atoms with Crippen molar-refractivity contribution < 1.29 is 15.0 Å². The summed E-state index contributed by atoms with van der Waals surface area (Å²) in [5.41, 5.74) is 1.60. The minimum absolute atomic E-state index is 0.266.